The summed E-state index contributed by atoms with van der Waals surface area (Å²) in [6.45, 7) is 0.495. The molecule has 5 heteroatoms. The Kier molecular flexibility index (Phi) is 3.75. The van der Waals surface area contributed by atoms with Gasteiger partial charge in [0.25, 0.3) is 0 Å². The summed E-state index contributed by atoms with van der Waals surface area (Å²) in [4.78, 5) is 16.4. The molecule has 5 nitrogen and oxygen atoms in total. The van der Waals surface area contributed by atoms with E-state index in [1.165, 1.54) is 19.3 Å². The van der Waals surface area contributed by atoms with Crippen LogP contribution in [0.3, 0.4) is 0 Å². The fraction of sp³-hybridized carbons (Fsp3) is 0.571. The lowest BCUT2D eigenvalue weighted by molar-refractivity contribution is -0.124. The van der Waals surface area contributed by atoms with Gasteiger partial charge < -0.3 is 5.32 Å². The Hall–Kier alpha value is -1.46. The Balaban J connectivity index is 1.56. The van der Waals surface area contributed by atoms with E-state index in [0.717, 1.165) is 12.1 Å². The van der Waals surface area contributed by atoms with Crippen molar-refractivity contribution in [1.82, 2.24) is 21.2 Å². The largest absolute Gasteiger partial charge is 0.349 e. The van der Waals surface area contributed by atoms with Crippen molar-refractivity contribution in [3.63, 3.8) is 0 Å². The van der Waals surface area contributed by atoms with E-state index in [-0.39, 0.29) is 11.9 Å². The summed E-state index contributed by atoms with van der Waals surface area (Å²) in [6, 6.07) is 6.08. The van der Waals surface area contributed by atoms with Crippen LogP contribution >= 0.6 is 0 Å². The van der Waals surface area contributed by atoms with Gasteiger partial charge in [-0.2, -0.15) is 0 Å². The smallest absolute Gasteiger partial charge is 0.239 e. The zero-order chi connectivity index (χ0) is 13.1. The molecular formula is C14H20N4O. The molecule has 1 saturated carbocycles. The third-order valence-electron chi connectivity index (χ3n) is 4.12. The van der Waals surface area contributed by atoms with Gasteiger partial charge in [-0.05, 0) is 25.0 Å². The van der Waals surface area contributed by atoms with E-state index in [1.54, 1.807) is 6.20 Å². The lowest BCUT2D eigenvalue weighted by Gasteiger charge is -2.26. The number of aromatic nitrogens is 1. The van der Waals surface area contributed by atoms with E-state index < -0.39 is 0 Å². The number of nitrogens with zero attached hydrogens (tertiary/aromatic N) is 1. The number of hydrogen-bond donors (Lipinski definition) is 3. The van der Waals surface area contributed by atoms with E-state index in [0.29, 0.717) is 18.5 Å². The first kappa shape index (κ1) is 12.6. The third kappa shape index (κ3) is 2.77. The number of fused-ring (bicyclic) bond motifs is 1. The molecule has 1 aromatic rings. The van der Waals surface area contributed by atoms with Gasteiger partial charge in [-0.25, -0.2) is 5.43 Å². The van der Waals surface area contributed by atoms with Crippen LogP contribution in [0.4, 0.5) is 0 Å². The molecule has 1 aromatic heterocycles. The van der Waals surface area contributed by atoms with Gasteiger partial charge in [0.2, 0.25) is 5.91 Å². The number of amides is 1. The van der Waals surface area contributed by atoms with E-state index in [2.05, 4.69) is 21.2 Å². The van der Waals surface area contributed by atoms with Crippen LogP contribution in [0.15, 0.2) is 24.4 Å². The van der Waals surface area contributed by atoms with Crippen molar-refractivity contribution in [2.24, 2.45) is 5.92 Å². The molecule has 3 atom stereocenters. The quantitative estimate of drug-likeness (QED) is 0.750. The summed E-state index contributed by atoms with van der Waals surface area (Å²) in [5, 5.41) is 2.97. The monoisotopic (exact) mass is 260 g/mol. The fourth-order valence-corrected chi connectivity index (χ4v) is 3.09. The minimum Gasteiger partial charge on any atom is -0.349 e. The number of carbonyl (C=O) groups excluding carboxylic acids is 1. The fourth-order valence-electron chi connectivity index (χ4n) is 3.09. The molecule has 0 spiro atoms. The summed E-state index contributed by atoms with van der Waals surface area (Å²) in [7, 11) is 0. The normalized spacial score (nSPS) is 29.8. The molecule has 19 heavy (non-hydrogen) atoms. The van der Waals surface area contributed by atoms with Gasteiger partial charge in [-0.1, -0.05) is 18.9 Å². The van der Waals surface area contributed by atoms with Crippen LogP contribution in [0.5, 0.6) is 0 Å². The Labute approximate surface area is 113 Å². The minimum atomic E-state index is -0.103. The number of pyridine rings is 1. The maximum Gasteiger partial charge on any atom is 0.239 e. The number of hydrazine groups is 1. The highest BCUT2D eigenvalue weighted by molar-refractivity contribution is 5.82. The molecule has 3 rings (SSSR count). The van der Waals surface area contributed by atoms with Crippen LogP contribution in [0.2, 0.25) is 0 Å². The second-order valence-corrected chi connectivity index (χ2v) is 5.36. The zero-order valence-corrected chi connectivity index (χ0v) is 10.9. The molecule has 102 valence electrons. The van der Waals surface area contributed by atoms with Gasteiger partial charge in [-0.3, -0.25) is 15.2 Å². The second kappa shape index (κ2) is 5.67. The second-order valence-electron chi connectivity index (χ2n) is 5.36. The van der Waals surface area contributed by atoms with Gasteiger partial charge >= 0.3 is 0 Å². The van der Waals surface area contributed by atoms with Crippen LogP contribution < -0.4 is 16.2 Å². The lowest BCUT2D eigenvalue weighted by Crippen LogP contribution is -2.45. The van der Waals surface area contributed by atoms with Gasteiger partial charge in [0.05, 0.1) is 12.2 Å². The Morgan fingerprint density at radius 1 is 1.32 bits per heavy atom. The van der Waals surface area contributed by atoms with Gasteiger partial charge in [-0.15, -0.1) is 0 Å². The summed E-state index contributed by atoms with van der Waals surface area (Å²) < 4.78 is 0. The predicted octanol–water partition coefficient (Wildman–Crippen LogP) is 0.733. The molecule has 1 saturated heterocycles. The van der Waals surface area contributed by atoms with Crippen molar-refractivity contribution in [1.29, 1.82) is 0 Å². The van der Waals surface area contributed by atoms with Crippen molar-refractivity contribution in [3.05, 3.63) is 30.1 Å². The molecule has 0 aromatic carbocycles. The first-order valence-corrected chi connectivity index (χ1v) is 7.03. The first-order valence-electron chi connectivity index (χ1n) is 7.03. The summed E-state index contributed by atoms with van der Waals surface area (Å²) >= 11 is 0. The highest BCUT2D eigenvalue weighted by Crippen LogP contribution is 2.30. The maximum absolute atomic E-state index is 12.2. The highest BCUT2D eigenvalue weighted by atomic mass is 16.2. The molecule has 1 aliphatic heterocycles. The molecular weight excluding hydrogens is 240 g/mol. The molecule has 2 fully saturated rings. The highest BCUT2D eigenvalue weighted by Gasteiger charge is 2.40. The van der Waals surface area contributed by atoms with E-state index in [1.807, 2.05) is 18.2 Å². The van der Waals surface area contributed by atoms with E-state index in [4.69, 9.17) is 0 Å². The third-order valence-corrected chi connectivity index (χ3v) is 4.12. The molecule has 0 bridgehead atoms. The van der Waals surface area contributed by atoms with Crippen molar-refractivity contribution in [3.8, 4) is 0 Å². The topological polar surface area (TPSA) is 66.0 Å². The van der Waals surface area contributed by atoms with E-state index >= 15 is 0 Å². The number of rotatable bonds is 3. The number of nitrogens with one attached hydrogen (secondary N) is 3. The molecule has 2 heterocycles. The van der Waals surface area contributed by atoms with Crippen LogP contribution in [-0.4, -0.2) is 23.0 Å². The van der Waals surface area contributed by atoms with Crippen molar-refractivity contribution < 1.29 is 4.79 Å². The van der Waals surface area contributed by atoms with Crippen molar-refractivity contribution >= 4 is 5.91 Å². The molecule has 3 unspecified atom stereocenters. The lowest BCUT2D eigenvalue weighted by atomic mass is 9.81. The van der Waals surface area contributed by atoms with Crippen LogP contribution in [0, 0.1) is 5.92 Å². The van der Waals surface area contributed by atoms with Gasteiger partial charge in [0, 0.05) is 18.2 Å². The van der Waals surface area contributed by atoms with Crippen LogP contribution in [-0.2, 0) is 11.3 Å². The number of hydrogen-bond acceptors (Lipinski definition) is 4. The van der Waals surface area contributed by atoms with Gasteiger partial charge in [0.15, 0.2) is 0 Å². The summed E-state index contributed by atoms with van der Waals surface area (Å²) in [5.74, 6) is 0.505. The molecule has 3 N–H and O–H groups in total. The number of carbonyl (C=O) groups is 1. The minimum absolute atomic E-state index is 0.0764. The Morgan fingerprint density at radius 3 is 3.05 bits per heavy atom. The Morgan fingerprint density at radius 2 is 2.21 bits per heavy atom. The van der Waals surface area contributed by atoms with Gasteiger partial charge in [0.1, 0.15) is 6.04 Å². The molecule has 2 aliphatic rings. The summed E-state index contributed by atoms with van der Waals surface area (Å²) in [5.41, 5.74) is 7.30. The maximum atomic E-state index is 12.2. The van der Waals surface area contributed by atoms with E-state index in [9.17, 15) is 4.79 Å². The van der Waals surface area contributed by atoms with Crippen molar-refractivity contribution in [2.45, 2.75) is 44.3 Å². The Bertz CT molecular complexity index is 436. The van der Waals surface area contributed by atoms with Crippen molar-refractivity contribution in [2.75, 3.05) is 0 Å². The molecule has 1 amide bonds. The average Bonchev–Trinajstić information content (AvgIpc) is 2.90. The molecule has 0 radical (unpaired) electrons. The average molecular weight is 260 g/mol. The zero-order valence-electron chi connectivity index (χ0n) is 10.9. The molecule has 1 aliphatic carbocycles. The van der Waals surface area contributed by atoms with Crippen LogP contribution in [0.1, 0.15) is 31.4 Å². The predicted molar refractivity (Wildman–Crippen MR) is 71.9 cm³/mol. The summed E-state index contributed by atoms with van der Waals surface area (Å²) in [6.07, 6.45) is 6.54. The van der Waals surface area contributed by atoms with Crippen LogP contribution in [0.25, 0.3) is 0 Å². The standard InChI is InChI=1S/C14H20N4O/c19-14(16-9-10-5-3-4-8-15-10)13-11-6-1-2-7-12(11)17-18-13/h3-5,8,11-13,17-18H,1-2,6-7,9H2,(H,16,19). The SMILES string of the molecule is O=C(NCc1ccccn1)C1NNC2CCCCC21. The first-order chi connectivity index (χ1) is 9.34.